The normalized spacial score (nSPS) is 11.4. The second-order valence-corrected chi connectivity index (χ2v) is 6.30. The number of nitrogens with one attached hydrogen (secondary N) is 2. The Kier molecular flexibility index (Phi) is 7.37. The molecule has 2 N–H and O–H groups in total. The molecule has 2 rings (SSSR count). The molecule has 1 atom stereocenters. The summed E-state index contributed by atoms with van der Waals surface area (Å²) in [7, 11) is 0. The van der Waals surface area contributed by atoms with E-state index in [2.05, 4.69) is 10.6 Å². The summed E-state index contributed by atoms with van der Waals surface area (Å²) >= 11 is 5.76. The molecule has 0 aromatic heterocycles. The molecule has 2 aromatic rings. The summed E-state index contributed by atoms with van der Waals surface area (Å²) in [5.41, 5.74) is 2.15. The van der Waals surface area contributed by atoms with Crippen molar-refractivity contribution in [3.63, 3.8) is 0 Å². The molecule has 142 valence electrons. The maximum absolute atomic E-state index is 12.1. The van der Waals surface area contributed by atoms with Gasteiger partial charge >= 0.3 is 5.97 Å². The Bertz CT molecular complexity index is 804. The average molecular weight is 389 g/mol. The first-order valence-corrected chi connectivity index (χ1v) is 8.90. The molecule has 6 nitrogen and oxygen atoms in total. The molecule has 0 spiro atoms. The highest BCUT2D eigenvalue weighted by Gasteiger charge is 2.18. The Morgan fingerprint density at radius 2 is 1.67 bits per heavy atom. The fourth-order valence-electron chi connectivity index (χ4n) is 2.22. The second-order valence-electron chi connectivity index (χ2n) is 5.86. The topological polar surface area (TPSA) is 84.5 Å². The average Bonchev–Trinajstić information content (AvgIpc) is 2.67. The van der Waals surface area contributed by atoms with E-state index in [9.17, 15) is 14.4 Å². The van der Waals surface area contributed by atoms with Gasteiger partial charge in [0.2, 0.25) is 0 Å². The van der Waals surface area contributed by atoms with E-state index in [0.29, 0.717) is 16.3 Å². The van der Waals surface area contributed by atoms with Crippen LogP contribution in [0.5, 0.6) is 0 Å². The van der Waals surface area contributed by atoms with Crippen molar-refractivity contribution in [1.82, 2.24) is 5.32 Å². The first-order chi connectivity index (χ1) is 12.9. The van der Waals surface area contributed by atoms with Gasteiger partial charge in [0.25, 0.3) is 11.8 Å². The lowest BCUT2D eigenvalue weighted by atomic mass is 10.1. The van der Waals surface area contributed by atoms with E-state index in [1.165, 1.54) is 6.92 Å². The van der Waals surface area contributed by atoms with Gasteiger partial charge in [0, 0.05) is 16.3 Å². The Morgan fingerprint density at radius 3 is 2.26 bits per heavy atom. The number of halogens is 1. The smallest absolute Gasteiger partial charge is 0.326 e. The molecular formula is C20H21ClN2O4. The van der Waals surface area contributed by atoms with E-state index < -0.39 is 23.9 Å². The molecule has 0 aliphatic heterocycles. The fraction of sp³-hybridized carbons (Fsp3) is 0.250. The van der Waals surface area contributed by atoms with Crippen LogP contribution in [-0.2, 0) is 20.7 Å². The van der Waals surface area contributed by atoms with E-state index in [4.69, 9.17) is 16.3 Å². The second kappa shape index (κ2) is 9.73. The highest BCUT2D eigenvalue weighted by molar-refractivity contribution is 6.30. The van der Waals surface area contributed by atoms with Crippen molar-refractivity contribution < 1.29 is 19.1 Å². The molecule has 27 heavy (non-hydrogen) atoms. The van der Waals surface area contributed by atoms with E-state index >= 15 is 0 Å². The number of aryl methyl sites for hydroxylation is 1. The number of carbonyl (C=O) groups is 3. The van der Waals surface area contributed by atoms with Crippen molar-refractivity contribution in [2.75, 3.05) is 11.9 Å². The number of anilines is 1. The molecule has 0 bridgehead atoms. The monoisotopic (exact) mass is 388 g/mol. The minimum absolute atomic E-state index is 0.343. The molecule has 0 aliphatic rings. The highest BCUT2D eigenvalue weighted by atomic mass is 35.5. The summed E-state index contributed by atoms with van der Waals surface area (Å²) in [6, 6.07) is 13.7. The molecule has 0 heterocycles. The van der Waals surface area contributed by atoms with Crippen LogP contribution >= 0.6 is 11.6 Å². The third kappa shape index (κ3) is 6.42. The van der Waals surface area contributed by atoms with Crippen LogP contribution < -0.4 is 10.6 Å². The van der Waals surface area contributed by atoms with Crippen LogP contribution in [0.4, 0.5) is 5.69 Å². The van der Waals surface area contributed by atoms with Gasteiger partial charge in [-0.3, -0.25) is 14.4 Å². The van der Waals surface area contributed by atoms with Crippen molar-refractivity contribution in [3.8, 4) is 0 Å². The third-order valence-corrected chi connectivity index (χ3v) is 4.06. The van der Waals surface area contributed by atoms with Crippen molar-refractivity contribution in [2.24, 2.45) is 0 Å². The third-order valence-electron chi connectivity index (χ3n) is 3.81. The number of benzene rings is 2. The molecule has 7 heteroatoms. The van der Waals surface area contributed by atoms with Gasteiger partial charge in [-0.2, -0.15) is 0 Å². The van der Waals surface area contributed by atoms with E-state index in [0.717, 1.165) is 12.0 Å². The molecule has 2 aromatic carbocycles. The van der Waals surface area contributed by atoms with Crippen LogP contribution in [0.15, 0.2) is 48.5 Å². The lowest BCUT2D eigenvalue weighted by molar-refractivity contribution is -0.152. The maximum atomic E-state index is 12.1. The molecule has 0 saturated heterocycles. The quantitative estimate of drug-likeness (QED) is 0.713. The zero-order valence-corrected chi connectivity index (χ0v) is 15.9. The van der Waals surface area contributed by atoms with Crippen LogP contribution in [0.25, 0.3) is 0 Å². The van der Waals surface area contributed by atoms with Gasteiger partial charge in [-0.05, 0) is 55.3 Å². The van der Waals surface area contributed by atoms with Gasteiger partial charge in [0.15, 0.2) is 6.10 Å². The zero-order valence-electron chi connectivity index (χ0n) is 15.1. The molecular weight excluding hydrogens is 368 g/mol. The lowest BCUT2D eigenvalue weighted by Crippen LogP contribution is -2.35. The minimum Gasteiger partial charge on any atom is -0.451 e. The summed E-state index contributed by atoms with van der Waals surface area (Å²) in [6.07, 6.45) is -0.0833. The molecule has 0 saturated carbocycles. The Labute approximate surface area is 162 Å². The largest absolute Gasteiger partial charge is 0.451 e. The molecule has 0 fully saturated rings. The van der Waals surface area contributed by atoms with Crippen LogP contribution in [0.3, 0.4) is 0 Å². The van der Waals surface area contributed by atoms with Crippen LogP contribution in [0.2, 0.25) is 5.02 Å². The summed E-state index contributed by atoms with van der Waals surface area (Å²) in [5.74, 6) is -1.59. The number of hydrogen-bond donors (Lipinski definition) is 2. The SMILES string of the molecule is CCc1ccc(NC(=O)[C@H](C)OC(=O)CNC(=O)c2ccc(Cl)cc2)cc1. The van der Waals surface area contributed by atoms with E-state index in [-0.39, 0.29) is 6.54 Å². The Morgan fingerprint density at radius 1 is 1.04 bits per heavy atom. The van der Waals surface area contributed by atoms with Crippen LogP contribution in [0.1, 0.15) is 29.8 Å². The van der Waals surface area contributed by atoms with Crippen molar-refractivity contribution in [3.05, 3.63) is 64.7 Å². The summed E-state index contributed by atoms with van der Waals surface area (Å²) < 4.78 is 5.05. The predicted octanol–water partition coefficient (Wildman–Crippen LogP) is 3.20. The van der Waals surface area contributed by atoms with Crippen LogP contribution in [0, 0.1) is 0 Å². The van der Waals surface area contributed by atoms with Gasteiger partial charge in [0.1, 0.15) is 6.54 Å². The summed E-state index contributed by atoms with van der Waals surface area (Å²) in [5, 5.41) is 5.62. The number of ether oxygens (including phenoxy) is 1. The van der Waals surface area contributed by atoms with Crippen molar-refractivity contribution in [1.29, 1.82) is 0 Å². The number of amides is 2. The van der Waals surface area contributed by atoms with Gasteiger partial charge in [0.05, 0.1) is 0 Å². The number of carbonyl (C=O) groups excluding carboxylic acids is 3. The lowest BCUT2D eigenvalue weighted by Gasteiger charge is -2.14. The summed E-state index contributed by atoms with van der Waals surface area (Å²) in [6.45, 7) is 3.17. The van der Waals surface area contributed by atoms with Crippen molar-refractivity contribution >= 4 is 35.1 Å². The maximum Gasteiger partial charge on any atom is 0.326 e. The van der Waals surface area contributed by atoms with Gasteiger partial charge < -0.3 is 15.4 Å². The Hall–Kier alpha value is -2.86. The van der Waals surface area contributed by atoms with Gasteiger partial charge in [-0.15, -0.1) is 0 Å². The van der Waals surface area contributed by atoms with E-state index in [1.807, 2.05) is 19.1 Å². The molecule has 0 aliphatic carbocycles. The number of esters is 1. The molecule has 0 radical (unpaired) electrons. The first kappa shape index (κ1) is 20.5. The fourth-order valence-corrected chi connectivity index (χ4v) is 2.34. The Balaban J connectivity index is 1.78. The number of rotatable bonds is 7. The molecule has 2 amide bonds. The number of hydrogen-bond acceptors (Lipinski definition) is 4. The van der Waals surface area contributed by atoms with Gasteiger partial charge in [-0.25, -0.2) is 0 Å². The van der Waals surface area contributed by atoms with Crippen molar-refractivity contribution in [2.45, 2.75) is 26.4 Å². The first-order valence-electron chi connectivity index (χ1n) is 8.52. The molecule has 0 unspecified atom stereocenters. The predicted molar refractivity (Wildman–Crippen MR) is 104 cm³/mol. The standard InChI is InChI=1S/C20H21ClN2O4/c1-3-14-4-10-17(11-5-14)23-19(25)13(2)27-18(24)12-22-20(26)15-6-8-16(21)9-7-15/h4-11,13H,3,12H2,1-2H3,(H,22,26)(H,23,25)/t13-/m0/s1. The zero-order chi connectivity index (χ0) is 19.8. The van der Waals surface area contributed by atoms with Crippen LogP contribution in [-0.4, -0.2) is 30.4 Å². The minimum atomic E-state index is -0.990. The highest BCUT2D eigenvalue weighted by Crippen LogP contribution is 2.11. The van der Waals surface area contributed by atoms with Gasteiger partial charge in [-0.1, -0.05) is 30.7 Å². The van der Waals surface area contributed by atoms with E-state index in [1.54, 1.807) is 36.4 Å². The summed E-state index contributed by atoms with van der Waals surface area (Å²) in [4.78, 5) is 35.9.